The summed E-state index contributed by atoms with van der Waals surface area (Å²) in [4.78, 5) is 0. The summed E-state index contributed by atoms with van der Waals surface area (Å²) in [7, 11) is -2.23. The minimum Gasteiger partial charge on any atom is -0.457 e. The largest absolute Gasteiger partial charge is 0.457 e. The lowest BCUT2D eigenvalue weighted by atomic mass is 9.74. The van der Waals surface area contributed by atoms with E-state index >= 15 is 0 Å². The van der Waals surface area contributed by atoms with Crippen LogP contribution in [0.25, 0.3) is 11.1 Å². The lowest BCUT2D eigenvalue weighted by Gasteiger charge is -2.38. The van der Waals surface area contributed by atoms with Crippen LogP contribution in [0.2, 0.25) is 13.1 Å². The Bertz CT molecular complexity index is 1990. The van der Waals surface area contributed by atoms with Crippen LogP contribution in [-0.2, 0) is 10.8 Å². The third-order valence-electron chi connectivity index (χ3n) is 11.5. The lowest BCUT2D eigenvalue weighted by molar-refractivity contribution is 0.419. The maximum Gasteiger partial charge on any atom is 0.139 e. The van der Waals surface area contributed by atoms with E-state index in [0.717, 1.165) is 23.0 Å². The van der Waals surface area contributed by atoms with Crippen molar-refractivity contribution >= 4 is 18.4 Å². The van der Waals surface area contributed by atoms with Crippen LogP contribution in [0.15, 0.2) is 103 Å². The molecule has 5 aromatic carbocycles. The van der Waals surface area contributed by atoms with Gasteiger partial charge in [0.1, 0.15) is 31.1 Å². The molecule has 0 aromatic heterocycles. The number of fused-ring (bicyclic) bond motifs is 4. The van der Waals surface area contributed by atoms with Crippen LogP contribution in [-0.4, -0.2) is 8.07 Å². The van der Waals surface area contributed by atoms with Gasteiger partial charge in [0, 0.05) is 38.6 Å². The van der Waals surface area contributed by atoms with E-state index in [9.17, 15) is 0 Å². The minimum atomic E-state index is -2.23. The maximum atomic E-state index is 6.85. The molecule has 5 aromatic rings. The Labute approximate surface area is 275 Å². The van der Waals surface area contributed by atoms with E-state index in [4.69, 9.17) is 9.47 Å². The van der Waals surface area contributed by atoms with Crippen LogP contribution in [0.5, 0.6) is 23.0 Å². The highest BCUT2D eigenvalue weighted by atomic mass is 28.3. The zero-order chi connectivity index (χ0) is 31.8. The van der Waals surface area contributed by atoms with Crippen molar-refractivity contribution in [1.82, 2.24) is 0 Å². The van der Waals surface area contributed by atoms with Crippen LogP contribution >= 0.6 is 0 Å². The van der Waals surface area contributed by atoms with Crippen LogP contribution in [0.1, 0.15) is 87.1 Å². The van der Waals surface area contributed by atoms with Crippen molar-refractivity contribution in [2.75, 3.05) is 0 Å². The highest BCUT2D eigenvalue weighted by molar-refractivity contribution is 7.01. The number of benzene rings is 5. The first-order valence-corrected chi connectivity index (χ1v) is 20.1. The van der Waals surface area contributed by atoms with Gasteiger partial charge in [0.2, 0.25) is 0 Å². The number of rotatable bonds is 4. The first kappa shape index (κ1) is 29.3. The fraction of sp³-hybridized carbons (Fsp3) is 0.302. The van der Waals surface area contributed by atoms with Crippen molar-refractivity contribution in [3.05, 3.63) is 131 Å². The summed E-state index contributed by atoms with van der Waals surface area (Å²) in [5.41, 5.74) is 8.78. The standard InChI is InChI=1S/C43H44O2Si/c1-42(2)33-18-9-11-22-37(33)44-40-31(17-13-20-35(40)42)32-27-29(25-26-30(32)28-15-7-8-16-28)46(5,6)39-24-14-21-36-41(39)45-38-23-12-10-19-34(38)43(36,3)4/h9-14,17-28H,7-8,15-16H2,1-6H3. The van der Waals surface area contributed by atoms with Crippen LogP contribution < -0.4 is 19.8 Å². The molecular weight excluding hydrogens is 577 g/mol. The summed E-state index contributed by atoms with van der Waals surface area (Å²) in [6.45, 7) is 14.3. The van der Waals surface area contributed by atoms with Crippen molar-refractivity contribution in [2.24, 2.45) is 0 Å². The van der Waals surface area contributed by atoms with E-state index in [-0.39, 0.29) is 10.8 Å². The third kappa shape index (κ3) is 4.35. The molecule has 8 rings (SSSR count). The predicted octanol–water partition coefficient (Wildman–Crippen LogP) is 10.7. The van der Waals surface area contributed by atoms with E-state index in [1.54, 1.807) is 0 Å². The fourth-order valence-electron chi connectivity index (χ4n) is 8.56. The molecule has 0 N–H and O–H groups in total. The molecule has 3 aliphatic rings. The Morgan fingerprint density at radius 1 is 0.565 bits per heavy atom. The van der Waals surface area contributed by atoms with E-state index < -0.39 is 8.07 Å². The van der Waals surface area contributed by atoms with Gasteiger partial charge in [-0.25, -0.2) is 0 Å². The fourth-order valence-corrected chi connectivity index (χ4v) is 11.1. The van der Waals surface area contributed by atoms with Gasteiger partial charge in [-0.15, -0.1) is 0 Å². The summed E-state index contributed by atoms with van der Waals surface area (Å²) in [6.07, 6.45) is 5.12. The molecule has 0 radical (unpaired) electrons. The van der Waals surface area contributed by atoms with Crippen LogP contribution in [0, 0.1) is 0 Å². The molecule has 0 bridgehead atoms. The molecule has 1 saturated carbocycles. The molecule has 232 valence electrons. The van der Waals surface area contributed by atoms with Gasteiger partial charge in [-0.1, -0.05) is 150 Å². The first-order chi connectivity index (χ1) is 22.1. The Hall–Kier alpha value is -4.08. The highest BCUT2D eigenvalue weighted by Gasteiger charge is 2.40. The number of para-hydroxylation sites is 4. The van der Waals surface area contributed by atoms with Crippen LogP contribution in [0.4, 0.5) is 0 Å². The Balaban J connectivity index is 1.30. The van der Waals surface area contributed by atoms with Crippen molar-refractivity contribution in [1.29, 1.82) is 0 Å². The maximum absolute atomic E-state index is 6.85. The van der Waals surface area contributed by atoms with Gasteiger partial charge in [-0.3, -0.25) is 0 Å². The van der Waals surface area contributed by atoms with Crippen molar-refractivity contribution in [3.63, 3.8) is 0 Å². The number of hydrogen-bond acceptors (Lipinski definition) is 2. The van der Waals surface area contributed by atoms with Crippen molar-refractivity contribution < 1.29 is 9.47 Å². The molecule has 2 aliphatic heterocycles. The summed E-state index contributed by atoms with van der Waals surface area (Å²) >= 11 is 0. The second-order valence-electron chi connectivity index (χ2n) is 15.2. The van der Waals surface area contributed by atoms with Gasteiger partial charge >= 0.3 is 0 Å². The molecule has 0 atom stereocenters. The average Bonchev–Trinajstić information content (AvgIpc) is 3.59. The second kappa shape index (κ2) is 10.5. The molecule has 0 saturated heterocycles. The quantitative estimate of drug-likeness (QED) is 0.186. The van der Waals surface area contributed by atoms with E-state index in [1.807, 2.05) is 0 Å². The number of hydrogen-bond donors (Lipinski definition) is 0. The average molecular weight is 621 g/mol. The molecule has 0 amide bonds. The first-order valence-electron chi connectivity index (χ1n) is 17.1. The summed E-state index contributed by atoms with van der Waals surface area (Å²) in [5.74, 6) is 4.60. The third-order valence-corrected chi connectivity index (χ3v) is 14.9. The van der Waals surface area contributed by atoms with Gasteiger partial charge in [-0.2, -0.15) is 0 Å². The predicted molar refractivity (Wildman–Crippen MR) is 194 cm³/mol. The van der Waals surface area contributed by atoms with E-state index in [1.165, 1.54) is 75.0 Å². The summed E-state index contributed by atoms with van der Waals surface area (Å²) in [6, 6.07) is 38.2. The topological polar surface area (TPSA) is 18.5 Å². The lowest BCUT2D eigenvalue weighted by Crippen LogP contribution is -2.54. The summed E-state index contributed by atoms with van der Waals surface area (Å²) in [5, 5.41) is 2.78. The number of ether oxygens (including phenoxy) is 2. The monoisotopic (exact) mass is 620 g/mol. The molecule has 46 heavy (non-hydrogen) atoms. The SMILES string of the molecule is CC1(C)c2ccccc2Oc2c(-c3cc([Si](C)(C)c4cccc5c4Oc4ccccc4C5(C)C)ccc3C3CCCC3)cccc21. The Morgan fingerprint density at radius 3 is 1.76 bits per heavy atom. The van der Waals surface area contributed by atoms with Gasteiger partial charge in [0.05, 0.1) is 0 Å². The molecule has 2 nitrogen and oxygen atoms in total. The normalized spacial score (nSPS) is 17.6. The minimum absolute atomic E-state index is 0.133. The van der Waals surface area contributed by atoms with Gasteiger partial charge in [-0.05, 0) is 47.2 Å². The van der Waals surface area contributed by atoms with Crippen molar-refractivity contribution in [3.8, 4) is 34.1 Å². The Kier molecular flexibility index (Phi) is 6.67. The Morgan fingerprint density at radius 2 is 1.11 bits per heavy atom. The molecule has 0 unspecified atom stereocenters. The molecule has 1 aliphatic carbocycles. The zero-order valence-electron chi connectivity index (χ0n) is 28.0. The van der Waals surface area contributed by atoms with Gasteiger partial charge in [0.15, 0.2) is 0 Å². The molecular formula is C43H44O2Si. The molecule has 1 fully saturated rings. The molecule has 0 spiro atoms. The van der Waals surface area contributed by atoms with E-state index in [0.29, 0.717) is 5.92 Å². The van der Waals surface area contributed by atoms with Gasteiger partial charge < -0.3 is 9.47 Å². The highest BCUT2D eigenvalue weighted by Crippen LogP contribution is 2.53. The summed E-state index contributed by atoms with van der Waals surface area (Å²) < 4.78 is 13.7. The molecule has 2 heterocycles. The van der Waals surface area contributed by atoms with Gasteiger partial charge in [0.25, 0.3) is 0 Å². The molecule has 3 heteroatoms. The van der Waals surface area contributed by atoms with E-state index in [2.05, 4.69) is 144 Å². The second-order valence-corrected chi connectivity index (χ2v) is 19.6. The zero-order valence-corrected chi connectivity index (χ0v) is 29.0. The smallest absolute Gasteiger partial charge is 0.139 e. The van der Waals surface area contributed by atoms with Crippen molar-refractivity contribution in [2.45, 2.75) is 83.2 Å². The van der Waals surface area contributed by atoms with Crippen LogP contribution in [0.3, 0.4) is 0 Å².